The first-order valence-electron chi connectivity index (χ1n) is 5.92. The van der Waals surface area contributed by atoms with E-state index in [-0.39, 0.29) is 12.3 Å². The first-order valence-corrected chi connectivity index (χ1v) is 5.92. The number of nitrogens with zero attached hydrogens (tertiary/aromatic N) is 1. The lowest BCUT2D eigenvalue weighted by Crippen LogP contribution is -2.14. The maximum atomic E-state index is 11.7. The number of hydrogen-bond donors (Lipinski definition) is 1. The minimum atomic E-state index is -0.0961. The molecule has 4 heteroatoms. The fourth-order valence-corrected chi connectivity index (χ4v) is 1.65. The van der Waals surface area contributed by atoms with Gasteiger partial charge in [-0.1, -0.05) is 26.0 Å². The minimum absolute atomic E-state index is 0.0961. The van der Waals surface area contributed by atoms with Gasteiger partial charge in [0.25, 0.3) is 0 Å². The number of benzene rings is 1. The van der Waals surface area contributed by atoms with Crippen LogP contribution in [0.25, 0.3) is 0 Å². The zero-order chi connectivity index (χ0) is 13.0. The number of rotatable bonds is 4. The molecular weight excluding hydrogens is 228 g/mol. The van der Waals surface area contributed by atoms with Gasteiger partial charge in [0.1, 0.15) is 6.26 Å². The van der Waals surface area contributed by atoms with Crippen LogP contribution in [-0.4, -0.2) is 10.9 Å². The van der Waals surface area contributed by atoms with E-state index in [0.29, 0.717) is 11.6 Å². The summed E-state index contributed by atoms with van der Waals surface area (Å²) in [6, 6.07) is 7.87. The first kappa shape index (κ1) is 12.4. The quantitative estimate of drug-likeness (QED) is 0.899. The Morgan fingerprint density at radius 3 is 2.61 bits per heavy atom. The van der Waals surface area contributed by atoms with E-state index >= 15 is 0 Å². The van der Waals surface area contributed by atoms with Crippen molar-refractivity contribution >= 4 is 11.6 Å². The number of oxazole rings is 1. The van der Waals surface area contributed by atoms with Crippen molar-refractivity contribution in [1.29, 1.82) is 0 Å². The molecule has 1 amide bonds. The van der Waals surface area contributed by atoms with E-state index in [2.05, 4.69) is 24.1 Å². The molecular formula is C14H16N2O2. The molecule has 0 radical (unpaired) electrons. The molecule has 0 fully saturated rings. The third kappa shape index (κ3) is 3.20. The molecule has 1 aromatic heterocycles. The molecule has 2 aromatic rings. The van der Waals surface area contributed by atoms with Crippen LogP contribution >= 0.6 is 0 Å². The maximum absolute atomic E-state index is 11.7. The fraction of sp³-hybridized carbons (Fsp3) is 0.286. The van der Waals surface area contributed by atoms with Crippen LogP contribution in [0.15, 0.2) is 41.3 Å². The molecule has 0 saturated carbocycles. The summed E-state index contributed by atoms with van der Waals surface area (Å²) < 4.78 is 4.82. The van der Waals surface area contributed by atoms with Gasteiger partial charge in [0.15, 0.2) is 6.39 Å². The lowest BCUT2D eigenvalue weighted by atomic mass is 10.0. The van der Waals surface area contributed by atoms with E-state index in [4.69, 9.17) is 4.42 Å². The van der Waals surface area contributed by atoms with Crippen LogP contribution in [0.1, 0.15) is 31.0 Å². The number of hydrogen-bond acceptors (Lipinski definition) is 3. The topological polar surface area (TPSA) is 55.1 Å². The molecule has 0 bridgehead atoms. The second kappa shape index (κ2) is 5.49. The molecule has 4 nitrogen and oxygen atoms in total. The number of amides is 1. The van der Waals surface area contributed by atoms with Gasteiger partial charge in [-0.05, 0) is 23.6 Å². The van der Waals surface area contributed by atoms with Crippen LogP contribution in [0.2, 0.25) is 0 Å². The van der Waals surface area contributed by atoms with Gasteiger partial charge >= 0.3 is 0 Å². The molecule has 0 unspecified atom stereocenters. The molecule has 0 aliphatic carbocycles. The monoisotopic (exact) mass is 244 g/mol. The Hall–Kier alpha value is -2.10. The molecule has 0 aliphatic heterocycles. The van der Waals surface area contributed by atoms with Crippen molar-refractivity contribution in [2.24, 2.45) is 0 Å². The highest BCUT2D eigenvalue weighted by atomic mass is 16.3. The molecule has 0 saturated heterocycles. The summed E-state index contributed by atoms with van der Waals surface area (Å²) in [6.45, 7) is 4.27. The van der Waals surface area contributed by atoms with Crippen LogP contribution in [0.4, 0.5) is 5.69 Å². The van der Waals surface area contributed by atoms with E-state index < -0.39 is 0 Å². The SMILES string of the molecule is CC(C)c1ccc(NC(=O)Cc2cocn2)cc1. The van der Waals surface area contributed by atoms with Crippen molar-refractivity contribution in [3.8, 4) is 0 Å². The second-order valence-corrected chi connectivity index (χ2v) is 4.48. The predicted octanol–water partition coefficient (Wildman–Crippen LogP) is 2.98. The number of nitrogens with one attached hydrogen (secondary N) is 1. The highest BCUT2D eigenvalue weighted by Gasteiger charge is 2.06. The Kier molecular flexibility index (Phi) is 3.77. The molecule has 94 valence electrons. The van der Waals surface area contributed by atoms with Crippen molar-refractivity contribution in [3.63, 3.8) is 0 Å². The number of carbonyl (C=O) groups excluding carboxylic acids is 1. The lowest BCUT2D eigenvalue weighted by molar-refractivity contribution is -0.115. The average Bonchev–Trinajstić information content (AvgIpc) is 2.82. The van der Waals surface area contributed by atoms with Crippen LogP contribution < -0.4 is 5.32 Å². The summed E-state index contributed by atoms with van der Waals surface area (Å²) in [6.07, 6.45) is 3.02. The van der Waals surface area contributed by atoms with E-state index in [1.165, 1.54) is 18.2 Å². The largest absolute Gasteiger partial charge is 0.451 e. The molecule has 1 N–H and O–H groups in total. The Balaban J connectivity index is 1.95. The van der Waals surface area contributed by atoms with Gasteiger partial charge in [-0.2, -0.15) is 0 Å². The Morgan fingerprint density at radius 2 is 2.06 bits per heavy atom. The zero-order valence-electron chi connectivity index (χ0n) is 10.5. The van der Waals surface area contributed by atoms with Gasteiger partial charge in [-0.15, -0.1) is 0 Å². The molecule has 18 heavy (non-hydrogen) atoms. The predicted molar refractivity (Wildman–Crippen MR) is 69.4 cm³/mol. The van der Waals surface area contributed by atoms with E-state index in [1.54, 1.807) is 0 Å². The van der Waals surface area contributed by atoms with Gasteiger partial charge in [0.05, 0.1) is 12.1 Å². The normalized spacial score (nSPS) is 10.6. The summed E-state index contributed by atoms with van der Waals surface area (Å²) >= 11 is 0. The average molecular weight is 244 g/mol. The fourth-order valence-electron chi connectivity index (χ4n) is 1.65. The van der Waals surface area contributed by atoms with Crippen LogP contribution in [-0.2, 0) is 11.2 Å². The smallest absolute Gasteiger partial charge is 0.230 e. The van der Waals surface area contributed by atoms with Crippen LogP contribution in [0, 0.1) is 0 Å². The summed E-state index contributed by atoms with van der Waals surface area (Å²) in [7, 11) is 0. The van der Waals surface area contributed by atoms with E-state index in [9.17, 15) is 4.79 Å². The third-order valence-electron chi connectivity index (χ3n) is 2.69. The Morgan fingerprint density at radius 1 is 1.33 bits per heavy atom. The summed E-state index contributed by atoms with van der Waals surface area (Å²) in [5.74, 6) is 0.395. The van der Waals surface area contributed by atoms with Crippen LogP contribution in [0.3, 0.4) is 0 Å². The Labute approximate surface area is 106 Å². The van der Waals surface area contributed by atoms with Crippen molar-refractivity contribution < 1.29 is 9.21 Å². The van der Waals surface area contributed by atoms with Gasteiger partial charge in [-0.25, -0.2) is 4.98 Å². The zero-order valence-corrected chi connectivity index (χ0v) is 10.5. The molecule has 1 heterocycles. The first-order chi connectivity index (χ1) is 8.65. The second-order valence-electron chi connectivity index (χ2n) is 4.48. The maximum Gasteiger partial charge on any atom is 0.230 e. The third-order valence-corrected chi connectivity index (χ3v) is 2.69. The summed E-state index contributed by atoms with van der Waals surface area (Å²) in [5, 5.41) is 2.83. The number of carbonyl (C=O) groups is 1. The molecule has 0 atom stereocenters. The Bertz CT molecular complexity index is 501. The van der Waals surface area contributed by atoms with Crippen molar-refractivity contribution in [2.75, 3.05) is 5.32 Å². The van der Waals surface area contributed by atoms with Gasteiger partial charge in [-0.3, -0.25) is 4.79 Å². The number of aromatic nitrogens is 1. The highest BCUT2D eigenvalue weighted by Crippen LogP contribution is 2.17. The van der Waals surface area contributed by atoms with E-state index in [0.717, 1.165) is 5.69 Å². The van der Waals surface area contributed by atoms with Gasteiger partial charge in [0.2, 0.25) is 5.91 Å². The summed E-state index contributed by atoms with van der Waals surface area (Å²) in [5.41, 5.74) is 2.68. The number of anilines is 1. The standard InChI is InChI=1S/C14H16N2O2/c1-10(2)11-3-5-12(6-4-11)16-14(17)7-13-8-18-9-15-13/h3-6,8-10H,7H2,1-2H3,(H,16,17). The minimum Gasteiger partial charge on any atom is -0.451 e. The molecule has 2 rings (SSSR count). The van der Waals surface area contributed by atoms with Gasteiger partial charge in [0, 0.05) is 5.69 Å². The van der Waals surface area contributed by atoms with E-state index in [1.807, 2.05) is 24.3 Å². The molecule has 1 aromatic carbocycles. The van der Waals surface area contributed by atoms with Crippen molar-refractivity contribution in [2.45, 2.75) is 26.2 Å². The van der Waals surface area contributed by atoms with Gasteiger partial charge < -0.3 is 9.73 Å². The lowest BCUT2D eigenvalue weighted by Gasteiger charge is -2.07. The molecule has 0 spiro atoms. The van der Waals surface area contributed by atoms with Crippen molar-refractivity contribution in [1.82, 2.24) is 4.98 Å². The highest BCUT2D eigenvalue weighted by molar-refractivity contribution is 5.91. The summed E-state index contributed by atoms with van der Waals surface area (Å²) in [4.78, 5) is 15.6. The molecule has 0 aliphatic rings. The van der Waals surface area contributed by atoms with Crippen molar-refractivity contribution in [3.05, 3.63) is 48.2 Å². The van der Waals surface area contributed by atoms with Crippen LogP contribution in [0.5, 0.6) is 0 Å².